The summed E-state index contributed by atoms with van der Waals surface area (Å²) < 4.78 is 33.2. The second-order valence-corrected chi connectivity index (χ2v) is 5.68. The Morgan fingerprint density at radius 1 is 1.10 bits per heavy atom. The number of hydrogen-bond acceptors (Lipinski definition) is 2. The standard InChI is InChI=1S/C16H16BrF2NO/c1-2-15(20)16(10-3-5-11(17)6-4-10)21-14-8-12(18)7-13(19)9-14/h3-9,15-16H,2,20H2,1H3. The molecule has 2 N–H and O–H groups in total. The normalized spacial score (nSPS) is 13.8. The maximum absolute atomic E-state index is 13.3. The molecular formula is C16H16BrF2NO. The maximum atomic E-state index is 13.3. The van der Waals surface area contributed by atoms with Crippen LogP contribution in [0.5, 0.6) is 5.75 Å². The topological polar surface area (TPSA) is 35.2 Å². The van der Waals surface area contributed by atoms with Crippen LogP contribution in [0.25, 0.3) is 0 Å². The van der Waals surface area contributed by atoms with Gasteiger partial charge in [0.1, 0.15) is 23.5 Å². The first-order chi connectivity index (χ1) is 9.99. The van der Waals surface area contributed by atoms with E-state index in [2.05, 4.69) is 15.9 Å². The molecule has 0 fully saturated rings. The van der Waals surface area contributed by atoms with Crippen molar-refractivity contribution in [3.63, 3.8) is 0 Å². The number of hydrogen-bond donors (Lipinski definition) is 1. The molecule has 2 rings (SSSR count). The molecule has 0 heterocycles. The van der Waals surface area contributed by atoms with Crippen molar-refractivity contribution in [2.75, 3.05) is 0 Å². The molecule has 0 spiro atoms. The highest BCUT2D eigenvalue weighted by atomic mass is 79.9. The van der Waals surface area contributed by atoms with Crippen LogP contribution in [0.2, 0.25) is 0 Å². The summed E-state index contributed by atoms with van der Waals surface area (Å²) in [6.45, 7) is 1.94. The van der Waals surface area contributed by atoms with E-state index >= 15 is 0 Å². The number of ether oxygens (including phenoxy) is 1. The van der Waals surface area contributed by atoms with Crippen molar-refractivity contribution in [2.45, 2.75) is 25.5 Å². The van der Waals surface area contributed by atoms with Crippen molar-refractivity contribution >= 4 is 15.9 Å². The molecule has 2 nitrogen and oxygen atoms in total. The summed E-state index contributed by atoms with van der Waals surface area (Å²) in [4.78, 5) is 0. The zero-order valence-electron chi connectivity index (χ0n) is 11.5. The van der Waals surface area contributed by atoms with Crippen molar-refractivity contribution in [1.82, 2.24) is 0 Å². The van der Waals surface area contributed by atoms with Gasteiger partial charge in [0, 0.05) is 28.7 Å². The molecule has 0 aliphatic heterocycles. The summed E-state index contributed by atoms with van der Waals surface area (Å²) in [6, 6.07) is 10.3. The van der Waals surface area contributed by atoms with Crippen LogP contribution in [0.1, 0.15) is 25.0 Å². The highest BCUT2D eigenvalue weighted by molar-refractivity contribution is 9.10. The second kappa shape index (κ2) is 7.00. The van der Waals surface area contributed by atoms with Gasteiger partial charge < -0.3 is 10.5 Å². The van der Waals surface area contributed by atoms with Gasteiger partial charge in [-0.15, -0.1) is 0 Å². The number of halogens is 3. The van der Waals surface area contributed by atoms with Gasteiger partial charge in [-0.3, -0.25) is 0 Å². The molecule has 112 valence electrons. The largest absolute Gasteiger partial charge is 0.484 e. The predicted molar refractivity (Wildman–Crippen MR) is 82.1 cm³/mol. The minimum Gasteiger partial charge on any atom is -0.484 e. The van der Waals surface area contributed by atoms with E-state index in [1.54, 1.807) is 0 Å². The number of rotatable bonds is 5. The fourth-order valence-corrected chi connectivity index (χ4v) is 2.28. The van der Waals surface area contributed by atoms with Gasteiger partial charge in [-0.05, 0) is 24.1 Å². The lowest BCUT2D eigenvalue weighted by atomic mass is 10.0. The predicted octanol–water partition coefficient (Wildman–Crippen LogP) is 4.58. The second-order valence-electron chi connectivity index (χ2n) is 4.77. The Labute approximate surface area is 131 Å². The van der Waals surface area contributed by atoms with Crippen LogP contribution in [0.4, 0.5) is 8.78 Å². The summed E-state index contributed by atoms with van der Waals surface area (Å²) in [5.41, 5.74) is 6.95. The Hall–Kier alpha value is -1.46. The van der Waals surface area contributed by atoms with Gasteiger partial charge in [0.05, 0.1) is 0 Å². The average Bonchev–Trinajstić information content (AvgIpc) is 2.44. The van der Waals surface area contributed by atoms with Crippen molar-refractivity contribution in [2.24, 2.45) is 5.73 Å². The third-order valence-electron chi connectivity index (χ3n) is 3.16. The van der Waals surface area contributed by atoms with Crippen LogP contribution < -0.4 is 10.5 Å². The smallest absolute Gasteiger partial charge is 0.139 e. The van der Waals surface area contributed by atoms with Crippen molar-refractivity contribution in [1.29, 1.82) is 0 Å². The SMILES string of the molecule is CCC(N)C(Oc1cc(F)cc(F)c1)c1ccc(Br)cc1. The molecule has 0 bridgehead atoms. The van der Waals surface area contributed by atoms with Gasteiger partial charge in [0.2, 0.25) is 0 Å². The summed E-state index contributed by atoms with van der Waals surface area (Å²) in [7, 11) is 0. The monoisotopic (exact) mass is 355 g/mol. The highest BCUT2D eigenvalue weighted by Crippen LogP contribution is 2.27. The van der Waals surface area contributed by atoms with E-state index in [1.807, 2.05) is 31.2 Å². The Balaban J connectivity index is 2.30. The van der Waals surface area contributed by atoms with E-state index in [4.69, 9.17) is 10.5 Å². The van der Waals surface area contributed by atoms with Crippen molar-refractivity contribution < 1.29 is 13.5 Å². The van der Waals surface area contributed by atoms with Crippen LogP contribution in [0.15, 0.2) is 46.9 Å². The van der Waals surface area contributed by atoms with E-state index in [0.717, 1.165) is 28.2 Å². The van der Waals surface area contributed by atoms with Gasteiger partial charge in [-0.2, -0.15) is 0 Å². The molecule has 2 aromatic rings. The molecule has 0 aromatic heterocycles. The Bertz CT molecular complexity index is 583. The first-order valence-corrected chi connectivity index (χ1v) is 7.42. The quantitative estimate of drug-likeness (QED) is 0.851. The molecular weight excluding hydrogens is 340 g/mol. The zero-order chi connectivity index (χ0) is 15.4. The summed E-state index contributed by atoms with van der Waals surface area (Å²) >= 11 is 3.36. The zero-order valence-corrected chi connectivity index (χ0v) is 13.1. The van der Waals surface area contributed by atoms with Crippen LogP contribution in [0.3, 0.4) is 0 Å². The fourth-order valence-electron chi connectivity index (χ4n) is 2.01. The van der Waals surface area contributed by atoms with Gasteiger partial charge in [-0.1, -0.05) is 35.0 Å². The lowest BCUT2D eigenvalue weighted by Crippen LogP contribution is -2.31. The summed E-state index contributed by atoms with van der Waals surface area (Å²) in [6.07, 6.45) is 0.211. The van der Waals surface area contributed by atoms with Gasteiger partial charge in [0.15, 0.2) is 0 Å². The third-order valence-corrected chi connectivity index (χ3v) is 3.69. The third kappa shape index (κ3) is 4.25. The van der Waals surface area contributed by atoms with Crippen molar-refractivity contribution in [3.05, 3.63) is 64.1 Å². The Morgan fingerprint density at radius 2 is 1.67 bits per heavy atom. The average molecular weight is 356 g/mol. The van der Waals surface area contributed by atoms with Crippen LogP contribution in [0, 0.1) is 11.6 Å². The molecule has 0 amide bonds. The van der Waals surface area contributed by atoms with Crippen LogP contribution in [-0.4, -0.2) is 6.04 Å². The summed E-state index contributed by atoms with van der Waals surface area (Å²) in [5, 5.41) is 0. The minimum absolute atomic E-state index is 0.129. The van der Waals surface area contributed by atoms with Gasteiger partial charge in [0.25, 0.3) is 0 Å². The fraction of sp³-hybridized carbons (Fsp3) is 0.250. The molecule has 0 saturated heterocycles. The number of benzene rings is 2. The van der Waals surface area contributed by atoms with E-state index < -0.39 is 17.7 Å². The van der Waals surface area contributed by atoms with Gasteiger partial charge >= 0.3 is 0 Å². The maximum Gasteiger partial charge on any atom is 0.139 e. The number of nitrogens with two attached hydrogens (primary N) is 1. The van der Waals surface area contributed by atoms with Crippen LogP contribution >= 0.6 is 15.9 Å². The Kier molecular flexibility index (Phi) is 5.31. The lowest BCUT2D eigenvalue weighted by Gasteiger charge is -2.25. The van der Waals surface area contributed by atoms with Gasteiger partial charge in [-0.25, -0.2) is 8.78 Å². The molecule has 21 heavy (non-hydrogen) atoms. The first-order valence-electron chi connectivity index (χ1n) is 6.63. The molecule has 0 radical (unpaired) electrons. The molecule has 2 atom stereocenters. The molecule has 0 saturated carbocycles. The Morgan fingerprint density at radius 3 is 2.19 bits per heavy atom. The highest BCUT2D eigenvalue weighted by Gasteiger charge is 2.21. The molecule has 2 unspecified atom stereocenters. The summed E-state index contributed by atoms with van der Waals surface area (Å²) in [5.74, 6) is -1.22. The van der Waals surface area contributed by atoms with E-state index in [9.17, 15) is 8.78 Å². The van der Waals surface area contributed by atoms with Crippen molar-refractivity contribution in [3.8, 4) is 5.75 Å². The molecule has 5 heteroatoms. The van der Waals surface area contributed by atoms with E-state index in [1.165, 1.54) is 0 Å². The molecule has 0 aliphatic rings. The first kappa shape index (κ1) is 15.9. The van der Waals surface area contributed by atoms with E-state index in [-0.39, 0.29) is 11.8 Å². The molecule has 0 aliphatic carbocycles. The van der Waals surface area contributed by atoms with Crippen LogP contribution in [-0.2, 0) is 0 Å². The van der Waals surface area contributed by atoms with E-state index in [0.29, 0.717) is 6.42 Å². The lowest BCUT2D eigenvalue weighted by molar-refractivity contribution is 0.169. The minimum atomic E-state index is -0.676. The molecule has 2 aromatic carbocycles.